The number of halogens is 1. The summed E-state index contributed by atoms with van der Waals surface area (Å²) in [6, 6.07) is 4.82. The van der Waals surface area contributed by atoms with Gasteiger partial charge >= 0.3 is 0 Å². The molecule has 1 heterocycles. The highest BCUT2D eigenvalue weighted by atomic mass is 35.5. The van der Waals surface area contributed by atoms with Crippen molar-refractivity contribution in [3.63, 3.8) is 0 Å². The van der Waals surface area contributed by atoms with Crippen molar-refractivity contribution in [2.45, 2.75) is 32.2 Å². The lowest BCUT2D eigenvalue weighted by Gasteiger charge is -2.11. The van der Waals surface area contributed by atoms with Gasteiger partial charge in [-0.1, -0.05) is 6.07 Å². The molecule has 0 spiro atoms. The van der Waals surface area contributed by atoms with E-state index in [1.807, 2.05) is 0 Å². The van der Waals surface area contributed by atoms with Crippen LogP contribution in [0.15, 0.2) is 18.2 Å². The van der Waals surface area contributed by atoms with E-state index in [1.165, 1.54) is 18.6 Å². The normalized spacial score (nSPS) is 17.1. The summed E-state index contributed by atoms with van der Waals surface area (Å²) in [6.45, 7) is 3.40. The summed E-state index contributed by atoms with van der Waals surface area (Å²) in [5, 5.41) is 16.9. The third-order valence-electron chi connectivity index (χ3n) is 3.62. The molecule has 2 N–H and O–H groups in total. The number of amides is 1. The molecule has 1 aliphatic rings. The molecule has 0 unspecified atom stereocenters. The molecule has 2 rings (SSSR count). The molecule has 1 aliphatic heterocycles. The molecule has 6 nitrogen and oxygen atoms in total. The fourth-order valence-electron chi connectivity index (χ4n) is 2.43. The Labute approximate surface area is 129 Å². The molecule has 0 saturated carbocycles. The topological polar surface area (TPSA) is 84.3 Å². The number of rotatable bonds is 5. The largest absolute Gasteiger partial charge is 0.352 e. The minimum Gasteiger partial charge on any atom is -0.352 e. The highest BCUT2D eigenvalue weighted by Gasteiger charge is 2.16. The number of hydrogen-bond donors (Lipinski definition) is 2. The van der Waals surface area contributed by atoms with Gasteiger partial charge in [-0.25, -0.2) is 0 Å². The van der Waals surface area contributed by atoms with Crippen molar-refractivity contribution in [3.05, 3.63) is 39.4 Å². The monoisotopic (exact) mass is 313 g/mol. The van der Waals surface area contributed by atoms with Gasteiger partial charge in [0.05, 0.1) is 4.92 Å². The van der Waals surface area contributed by atoms with Crippen molar-refractivity contribution in [1.29, 1.82) is 0 Å². The molecule has 1 saturated heterocycles. The first-order chi connectivity index (χ1) is 9.58. The molecule has 21 heavy (non-hydrogen) atoms. The quantitative estimate of drug-likeness (QED) is 0.644. The first-order valence-electron chi connectivity index (χ1n) is 6.84. The number of carbonyl (C=O) groups excluding carboxylic acids is 1. The Morgan fingerprint density at radius 2 is 2.29 bits per heavy atom. The standard InChI is InChI=1S/C14H19N3O3.ClH/c1-10-4-5-12(17(19)20)9-13(10)14(18)16-8-6-11-3-2-7-15-11;/h4-5,9,11,15H,2-3,6-8H2,1H3,(H,16,18);1H/t11-;/m1./s1. The zero-order chi connectivity index (χ0) is 14.5. The maximum Gasteiger partial charge on any atom is 0.270 e. The lowest BCUT2D eigenvalue weighted by atomic mass is 10.1. The van der Waals surface area contributed by atoms with Gasteiger partial charge in [-0.05, 0) is 38.3 Å². The van der Waals surface area contributed by atoms with Gasteiger partial charge in [-0.3, -0.25) is 14.9 Å². The smallest absolute Gasteiger partial charge is 0.270 e. The zero-order valence-corrected chi connectivity index (χ0v) is 12.7. The number of nitrogens with zero attached hydrogens (tertiary/aromatic N) is 1. The van der Waals surface area contributed by atoms with Gasteiger partial charge in [0.2, 0.25) is 0 Å². The van der Waals surface area contributed by atoms with Crippen LogP contribution in [-0.2, 0) is 0 Å². The van der Waals surface area contributed by atoms with Crippen molar-refractivity contribution >= 4 is 24.0 Å². The Kier molecular flexibility index (Phi) is 6.58. The predicted molar refractivity (Wildman–Crippen MR) is 83.1 cm³/mol. The van der Waals surface area contributed by atoms with Crippen molar-refractivity contribution < 1.29 is 9.72 Å². The second-order valence-corrected chi connectivity index (χ2v) is 5.09. The van der Waals surface area contributed by atoms with Crippen LogP contribution in [0.5, 0.6) is 0 Å². The molecule has 0 bridgehead atoms. The Hall–Kier alpha value is -1.66. The van der Waals surface area contributed by atoms with Crippen molar-refractivity contribution in [3.8, 4) is 0 Å². The van der Waals surface area contributed by atoms with Crippen LogP contribution in [0.2, 0.25) is 0 Å². The third-order valence-corrected chi connectivity index (χ3v) is 3.62. The van der Waals surface area contributed by atoms with Crippen LogP contribution in [0.3, 0.4) is 0 Å². The van der Waals surface area contributed by atoms with E-state index < -0.39 is 4.92 Å². The van der Waals surface area contributed by atoms with Crippen LogP contribution < -0.4 is 10.6 Å². The molecule has 0 radical (unpaired) electrons. The van der Waals surface area contributed by atoms with E-state index in [4.69, 9.17) is 0 Å². The maximum atomic E-state index is 12.1. The number of hydrogen-bond acceptors (Lipinski definition) is 4. The lowest BCUT2D eigenvalue weighted by molar-refractivity contribution is -0.384. The van der Waals surface area contributed by atoms with E-state index in [9.17, 15) is 14.9 Å². The first-order valence-corrected chi connectivity index (χ1v) is 6.84. The molecule has 116 valence electrons. The average Bonchev–Trinajstić information content (AvgIpc) is 2.92. The van der Waals surface area contributed by atoms with Gasteiger partial charge in [-0.15, -0.1) is 12.4 Å². The predicted octanol–water partition coefficient (Wildman–Crippen LogP) is 2.20. The van der Waals surface area contributed by atoms with Crippen LogP contribution in [-0.4, -0.2) is 30.0 Å². The second kappa shape index (κ2) is 7.95. The highest BCUT2D eigenvalue weighted by molar-refractivity contribution is 5.96. The van der Waals surface area contributed by atoms with E-state index in [1.54, 1.807) is 13.0 Å². The number of aryl methyl sites for hydroxylation is 1. The van der Waals surface area contributed by atoms with E-state index in [2.05, 4.69) is 10.6 Å². The molecule has 0 aliphatic carbocycles. The zero-order valence-electron chi connectivity index (χ0n) is 11.9. The van der Waals surface area contributed by atoms with Crippen molar-refractivity contribution in [2.24, 2.45) is 0 Å². The van der Waals surface area contributed by atoms with Gasteiger partial charge in [0, 0.05) is 30.3 Å². The SMILES string of the molecule is Cc1ccc([N+](=O)[O-])cc1C(=O)NCC[C@H]1CCCN1.Cl. The van der Waals surface area contributed by atoms with Crippen LogP contribution in [0, 0.1) is 17.0 Å². The van der Waals surface area contributed by atoms with Crippen LogP contribution >= 0.6 is 12.4 Å². The van der Waals surface area contributed by atoms with Crippen LogP contribution in [0.1, 0.15) is 35.2 Å². The van der Waals surface area contributed by atoms with Gasteiger partial charge in [0.25, 0.3) is 11.6 Å². The Bertz CT molecular complexity index is 516. The number of nitro benzene ring substituents is 1. The van der Waals surface area contributed by atoms with Crippen molar-refractivity contribution in [2.75, 3.05) is 13.1 Å². The summed E-state index contributed by atoms with van der Waals surface area (Å²) >= 11 is 0. The molecule has 1 amide bonds. The van der Waals surface area contributed by atoms with E-state index in [0.717, 1.165) is 24.9 Å². The Morgan fingerprint density at radius 1 is 1.52 bits per heavy atom. The number of nitrogens with one attached hydrogen (secondary N) is 2. The lowest BCUT2D eigenvalue weighted by Crippen LogP contribution is -2.30. The number of nitro groups is 1. The summed E-state index contributed by atoms with van der Waals surface area (Å²) in [6.07, 6.45) is 3.22. The summed E-state index contributed by atoms with van der Waals surface area (Å²) in [5.41, 5.74) is 1.06. The molecule has 1 atom stereocenters. The van der Waals surface area contributed by atoms with Gasteiger partial charge in [0.1, 0.15) is 0 Å². The van der Waals surface area contributed by atoms with Crippen LogP contribution in [0.25, 0.3) is 0 Å². The minimum absolute atomic E-state index is 0. The fraction of sp³-hybridized carbons (Fsp3) is 0.500. The van der Waals surface area contributed by atoms with E-state index in [-0.39, 0.29) is 24.0 Å². The van der Waals surface area contributed by atoms with E-state index in [0.29, 0.717) is 18.2 Å². The van der Waals surface area contributed by atoms with Crippen LogP contribution in [0.4, 0.5) is 5.69 Å². The first kappa shape index (κ1) is 17.4. The van der Waals surface area contributed by atoms with Gasteiger partial charge in [0.15, 0.2) is 0 Å². The maximum absolute atomic E-state index is 12.1. The summed E-state index contributed by atoms with van der Waals surface area (Å²) in [7, 11) is 0. The molecular formula is C14H20ClN3O3. The second-order valence-electron chi connectivity index (χ2n) is 5.09. The van der Waals surface area contributed by atoms with Gasteiger partial charge < -0.3 is 10.6 Å². The Morgan fingerprint density at radius 3 is 2.90 bits per heavy atom. The highest BCUT2D eigenvalue weighted by Crippen LogP contribution is 2.17. The average molecular weight is 314 g/mol. The van der Waals surface area contributed by atoms with Crippen molar-refractivity contribution in [1.82, 2.24) is 10.6 Å². The third kappa shape index (κ3) is 4.68. The number of carbonyl (C=O) groups is 1. The molecule has 0 aromatic heterocycles. The van der Waals surface area contributed by atoms with Gasteiger partial charge in [-0.2, -0.15) is 0 Å². The summed E-state index contributed by atoms with van der Waals surface area (Å²) in [4.78, 5) is 22.3. The summed E-state index contributed by atoms with van der Waals surface area (Å²) in [5.74, 6) is -0.246. The molecule has 7 heteroatoms. The Balaban J connectivity index is 0.00000220. The molecule has 1 aromatic carbocycles. The molecule has 1 aromatic rings. The minimum atomic E-state index is -0.487. The number of benzene rings is 1. The summed E-state index contributed by atoms with van der Waals surface area (Å²) < 4.78 is 0. The fourth-order valence-corrected chi connectivity index (χ4v) is 2.43. The van der Waals surface area contributed by atoms with E-state index >= 15 is 0 Å². The molecule has 1 fully saturated rings. The molecular weight excluding hydrogens is 294 g/mol. The number of non-ortho nitro benzene ring substituents is 1.